The van der Waals surface area contributed by atoms with Gasteiger partial charge in [-0.15, -0.1) is 23.1 Å². The van der Waals surface area contributed by atoms with Crippen molar-refractivity contribution in [3.63, 3.8) is 0 Å². The fraction of sp³-hybridized carbons (Fsp3) is 0.117. The molecule has 0 bridgehead atoms. The Labute approximate surface area is 735 Å². The third-order valence-corrected chi connectivity index (χ3v) is 31.3. The van der Waals surface area contributed by atoms with Gasteiger partial charge in [0.2, 0.25) is 0 Å². The molecule has 17 aromatic carbocycles. The van der Waals surface area contributed by atoms with E-state index in [-0.39, 0.29) is 27.4 Å². The van der Waals surface area contributed by atoms with Crippen molar-refractivity contribution in [3.05, 3.63) is 444 Å². The van der Waals surface area contributed by atoms with Gasteiger partial charge in [0.1, 0.15) is 0 Å². The molecule has 2 unspecified atom stereocenters. The van der Waals surface area contributed by atoms with Gasteiger partial charge >= 0.3 is 0 Å². The maximum Gasteiger partial charge on any atom is 0.0547 e. The molecule has 0 saturated carbocycles. The highest BCUT2D eigenvalue weighted by Crippen LogP contribution is 2.63. The molecular formula is C120H90N2S2. The topological polar surface area (TPSA) is 6.48 Å². The number of thiophene rings is 1. The molecule has 124 heavy (non-hydrogen) atoms. The van der Waals surface area contributed by atoms with Crippen molar-refractivity contribution in [2.24, 2.45) is 0 Å². The molecule has 6 aliphatic rings. The van der Waals surface area contributed by atoms with E-state index in [9.17, 15) is 0 Å². The van der Waals surface area contributed by atoms with Gasteiger partial charge in [0.05, 0.1) is 28.4 Å². The van der Waals surface area contributed by atoms with Crippen LogP contribution in [0.3, 0.4) is 0 Å². The fourth-order valence-electron chi connectivity index (χ4n) is 23.1. The first-order valence-electron chi connectivity index (χ1n) is 43.9. The van der Waals surface area contributed by atoms with Crippen molar-refractivity contribution in [3.8, 4) is 111 Å². The van der Waals surface area contributed by atoms with Crippen LogP contribution in [0.25, 0.3) is 137 Å². The fourth-order valence-corrected chi connectivity index (χ4v) is 25.8. The number of allylic oxidation sites excluding steroid dienone is 3. The van der Waals surface area contributed by atoms with Gasteiger partial charge in [-0.1, -0.05) is 383 Å². The van der Waals surface area contributed by atoms with Crippen LogP contribution in [0.1, 0.15) is 117 Å². The third-order valence-electron chi connectivity index (χ3n) is 28.7. The standard InChI is InChI=1S/C120H90N2S2/c1-117(2)98-58-19-10-44-93(98)110-85(48-32-60-101(110)117)79-38-12-21-62-103(79)121(75-36-27-35-73(71-75)77-47-28-50-87-78-37-9-18-57-97(78)119(5,6)113(77)87)107-66-34-46-76(112(107)95-56-31-55-92-84-43-17-26-68-109(84)124-116(92)95)74-69-70-100-96(72-74)89-52-29-51-88(114(89)120(100,7)8)81-40-14-23-64-105(81)122(106-65-24-15-41-82(106)90-53-30-54-91-83-42-16-25-67-108(83)123-115(90)91)104-63-22-13-39-80(104)86-49-33-61-102-111(86)94-45-11-20-59-99(94)118(102,3)4/h9-72,91,115H,1-8H3. The van der Waals surface area contributed by atoms with Crippen LogP contribution < -0.4 is 9.80 Å². The second kappa shape index (κ2) is 28.0. The van der Waals surface area contributed by atoms with Crippen LogP contribution in [0.15, 0.2) is 393 Å². The Morgan fingerprint density at radius 2 is 0.685 bits per heavy atom. The second-order valence-electron chi connectivity index (χ2n) is 36.7. The van der Waals surface area contributed by atoms with Crippen molar-refractivity contribution >= 4 is 83.0 Å². The molecule has 0 spiro atoms. The van der Waals surface area contributed by atoms with Crippen molar-refractivity contribution in [1.29, 1.82) is 0 Å². The van der Waals surface area contributed by atoms with Gasteiger partial charge in [-0.3, -0.25) is 0 Å². The lowest BCUT2D eigenvalue weighted by Crippen LogP contribution is -2.19. The number of hydrogen-bond donors (Lipinski definition) is 0. The SMILES string of the molecule is CC1(C)c2ccccc2-c2c(-c3ccccc3N(c3cccc(-c4cccc5c4C(C)(C)c4ccccc4-5)c3)c3cccc(-c4ccc5c(c4)-c4cccc(-c6ccccc6N(c6ccccc6C6=CC=CC7c8ccccc8SC67)c6ccccc6-c6cccc7c6-c6ccccc6C7(C)C)c4C5(C)C)c3-c3cccc4c3sc3ccccc34)cccc21. The van der Waals surface area contributed by atoms with Gasteiger partial charge in [-0.2, -0.15) is 0 Å². The lowest BCUT2D eigenvalue weighted by Gasteiger charge is -2.34. The maximum atomic E-state index is 2.64. The number of anilines is 6. The highest BCUT2D eigenvalue weighted by molar-refractivity contribution is 8.00. The number of para-hydroxylation sites is 4. The smallest absolute Gasteiger partial charge is 0.0547 e. The van der Waals surface area contributed by atoms with Crippen LogP contribution in [0, 0.1) is 0 Å². The minimum atomic E-state index is -0.440. The molecule has 0 amide bonds. The summed E-state index contributed by atoms with van der Waals surface area (Å²) >= 11 is 3.91. The molecule has 0 saturated heterocycles. The number of benzene rings is 17. The summed E-state index contributed by atoms with van der Waals surface area (Å²) in [6.45, 7) is 19.4. The van der Waals surface area contributed by atoms with Crippen molar-refractivity contribution in [1.82, 2.24) is 0 Å². The Morgan fingerprint density at radius 3 is 1.35 bits per heavy atom. The first-order chi connectivity index (χ1) is 60.6. The summed E-state index contributed by atoms with van der Waals surface area (Å²) in [5, 5.41) is 2.73. The van der Waals surface area contributed by atoms with Gasteiger partial charge in [0.25, 0.3) is 0 Å². The summed E-state index contributed by atoms with van der Waals surface area (Å²) in [4.78, 5) is 6.63. The van der Waals surface area contributed by atoms with Crippen molar-refractivity contribution in [2.75, 3.05) is 9.80 Å². The minimum absolute atomic E-state index is 0.184. The predicted octanol–water partition coefficient (Wildman–Crippen LogP) is 33.4. The Kier molecular flexibility index (Phi) is 16.7. The monoisotopic (exact) mass is 1620 g/mol. The highest BCUT2D eigenvalue weighted by Gasteiger charge is 2.45. The number of fused-ring (bicyclic) bond motifs is 18. The van der Waals surface area contributed by atoms with Gasteiger partial charge < -0.3 is 9.80 Å². The Bertz CT molecular complexity index is 7640. The Balaban J connectivity index is 0.715. The highest BCUT2D eigenvalue weighted by atomic mass is 32.2. The zero-order chi connectivity index (χ0) is 83.2. The second-order valence-corrected chi connectivity index (χ2v) is 38.9. The van der Waals surface area contributed by atoms with Crippen LogP contribution >= 0.6 is 23.1 Å². The normalized spacial score (nSPS) is 16.1. The lowest BCUT2D eigenvalue weighted by molar-refractivity contribution is 0.660. The summed E-state index contributed by atoms with van der Waals surface area (Å²) in [6.07, 6.45) is 7.15. The quantitative estimate of drug-likeness (QED) is 0.114. The molecule has 592 valence electrons. The summed E-state index contributed by atoms with van der Waals surface area (Å²) < 4.78 is 2.53. The molecule has 0 N–H and O–H groups in total. The molecule has 18 aromatic rings. The number of rotatable bonds is 13. The summed E-state index contributed by atoms with van der Waals surface area (Å²) in [5.41, 5.74) is 44.9. The van der Waals surface area contributed by atoms with Gasteiger partial charge in [0.15, 0.2) is 0 Å². The number of nitrogens with zero attached hydrogens (tertiary/aromatic N) is 2. The molecule has 4 heteroatoms. The third kappa shape index (κ3) is 10.9. The van der Waals surface area contributed by atoms with E-state index < -0.39 is 5.41 Å². The molecule has 1 aliphatic heterocycles. The van der Waals surface area contributed by atoms with E-state index in [1.807, 2.05) is 23.1 Å². The van der Waals surface area contributed by atoms with E-state index >= 15 is 0 Å². The van der Waals surface area contributed by atoms with Crippen molar-refractivity contribution in [2.45, 2.75) is 93.1 Å². The number of hydrogen-bond acceptors (Lipinski definition) is 4. The maximum absolute atomic E-state index is 2.64. The van der Waals surface area contributed by atoms with E-state index in [2.05, 4.69) is 453 Å². The minimum Gasteiger partial charge on any atom is -0.309 e. The summed E-state index contributed by atoms with van der Waals surface area (Å²) in [6, 6.07) is 142. The molecule has 24 rings (SSSR count). The zero-order valence-electron chi connectivity index (χ0n) is 70.8. The average Bonchev–Trinajstić information content (AvgIpc) is 1.58. The zero-order valence-corrected chi connectivity index (χ0v) is 72.4. The average molecular weight is 1620 g/mol. The van der Waals surface area contributed by atoms with Gasteiger partial charge in [-0.25, -0.2) is 0 Å². The van der Waals surface area contributed by atoms with Crippen LogP contribution in [0.2, 0.25) is 0 Å². The predicted molar refractivity (Wildman–Crippen MR) is 528 cm³/mol. The van der Waals surface area contributed by atoms with Crippen molar-refractivity contribution < 1.29 is 0 Å². The molecular weight excluding hydrogens is 1530 g/mol. The Morgan fingerprint density at radius 1 is 0.266 bits per heavy atom. The van der Waals surface area contributed by atoms with Gasteiger partial charge in [0, 0.05) is 97.0 Å². The van der Waals surface area contributed by atoms with Gasteiger partial charge in [-0.05, 0) is 200 Å². The van der Waals surface area contributed by atoms with Crippen LogP contribution in [-0.2, 0) is 21.7 Å². The molecule has 5 aliphatic carbocycles. The number of thioether (sulfide) groups is 1. The summed E-state index contributed by atoms with van der Waals surface area (Å²) in [7, 11) is 0. The Hall–Kier alpha value is -13.6. The molecule has 0 radical (unpaired) electrons. The molecule has 0 fully saturated rings. The molecule has 2 atom stereocenters. The lowest BCUT2D eigenvalue weighted by atomic mass is 9.78. The van der Waals surface area contributed by atoms with E-state index in [4.69, 9.17) is 0 Å². The van der Waals surface area contributed by atoms with E-state index in [1.54, 1.807) is 0 Å². The van der Waals surface area contributed by atoms with Crippen LogP contribution in [0.5, 0.6) is 0 Å². The van der Waals surface area contributed by atoms with Crippen LogP contribution in [-0.4, -0.2) is 5.25 Å². The molecule has 1 aromatic heterocycles. The van der Waals surface area contributed by atoms with E-state index in [0.717, 1.165) is 50.8 Å². The van der Waals surface area contributed by atoms with Crippen LogP contribution in [0.4, 0.5) is 34.1 Å². The first kappa shape index (κ1) is 74.2. The largest absolute Gasteiger partial charge is 0.309 e. The molecule has 2 heterocycles. The molecule has 2 nitrogen and oxygen atoms in total. The van der Waals surface area contributed by atoms with E-state index in [0.29, 0.717) is 0 Å². The van der Waals surface area contributed by atoms with E-state index in [1.165, 1.54) is 181 Å². The first-order valence-corrected chi connectivity index (χ1v) is 45.6. The summed E-state index contributed by atoms with van der Waals surface area (Å²) in [5.74, 6) is 0.252.